The molecule has 0 amide bonds. The molecule has 0 aliphatic carbocycles. The van der Waals surface area contributed by atoms with Gasteiger partial charge in [-0.2, -0.15) is 0 Å². The number of aryl methyl sites for hydroxylation is 1. The van der Waals surface area contributed by atoms with Crippen molar-refractivity contribution in [3.63, 3.8) is 0 Å². The number of halogens is 1. The van der Waals surface area contributed by atoms with Gasteiger partial charge < -0.3 is 9.88 Å². The van der Waals surface area contributed by atoms with Crippen LogP contribution >= 0.6 is 11.6 Å². The van der Waals surface area contributed by atoms with Gasteiger partial charge >= 0.3 is 0 Å². The highest BCUT2D eigenvalue weighted by Gasteiger charge is 2.28. The highest BCUT2D eigenvalue weighted by Crippen LogP contribution is 2.31. The van der Waals surface area contributed by atoms with E-state index in [1.165, 1.54) is 11.1 Å². The number of hydrogen-bond acceptors (Lipinski definition) is 3. The van der Waals surface area contributed by atoms with Gasteiger partial charge in [-0.1, -0.05) is 35.9 Å². The van der Waals surface area contributed by atoms with Gasteiger partial charge in [0.1, 0.15) is 5.82 Å². The third-order valence-electron chi connectivity index (χ3n) is 4.77. The lowest BCUT2D eigenvalue weighted by Crippen LogP contribution is -2.46. The summed E-state index contributed by atoms with van der Waals surface area (Å²) in [5.74, 6) is 1.08. The Morgan fingerprint density at radius 3 is 2.46 bits per heavy atom. The minimum absolute atomic E-state index is 0.141. The molecule has 124 valence electrons. The SMILES string of the molecule is Cn1c(C(c2ccc(Cl)cc2)N2CCNCC2)nc2ccccc21. The molecule has 0 saturated carbocycles. The first-order valence-corrected chi connectivity index (χ1v) is 8.73. The fraction of sp³-hybridized carbons (Fsp3) is 0.316. The van der Waals surface area contributed by atoms with E-state index in [-0.39, 0.29) is 6.04 Å². The number of nitrogens with zero attached hydrogens (tertiary/aromatic N) is 3. The molecule has 1 aliphatic rings. The van der Waals surface area contributed by atoms with E-state index in [0.717, 1.165) is 42.5 Å². The van der Waals surface area contributed by atoms with E-state index in [1.807, 2.05) is 18.2 Å². The number of hydrogen-bond donors (Lipinski definition) is 1. The van der Waals surface area contributed by atoms with Crippen LogP contribution in [0.15, 0.2) is 48.5 Å². The second kappa shape index (κ2) is 6.55. The van der Waals surface area contributed by atoms with Crippen LogP contribution in [0.3, 0.4) is 0 Å². The largest absolute Gasteiger partial charge is 0.329 e. The standard InChI is InChI=1S/C19H21ClN4/c1-23-17-5-3-2-4-16(17)22-19(23)18(24-12-10-21-11-13-24)14-6-8-15(20)9-7-14/h2-9,18,21H,10-13H2,1H3. The molecular formula is C19H21ClN4. The van der Waals surface area contributed by atoms with Gasteiger partial charge in [0.05, 0.1) is 17.1 Å². The van der Waals surface area contributed by atoms with Crippen molar-refractivity contribution in [1.29, 1.82) is 0 Å². The van der Waals surface area contributed by atoms with Crippen molar-refractivity contribution in [2.45, 2.75) is 6.04 Å². The van der Waals surface area contributed by atoms with Crippen molar-refractivity contribution < 1.29 is 0 Å². The second-order valence-corrected chi connectivity index (χ2v) is 6.69. The Morgan fingerprint density at radius 1 is 1.04 bits per heavy atom. The van der Waals surface area contributed by atoms with Crippen LogP contribution in [0.5, 0.6) is 0 Å². The molecule has 1 saturated heterocycles. The molecule has 1 unspecified atom stereocenters. The van der Waals surface area contributed by atoms with Crippen molar-refractivity contribution in [3.8, 4) is 0 Å². The van der Waals surface area contributed by atoms with Gasteiger partial charge in [0.15, 0.2) is 0 Å². The van der Waals surface area contributed by atoms with Gasteiger partial charge in [0.2, 0.25) is 0 Å². The molecule has 1 aliphatic heterocycles. The minimum Gasteiger partial charge on any atom is -0.329 e. The third kappa shape index (κ3) is 2.81. The van der Waals surface area contributed by atoms with Gasteiger partial charge in [-0.3, -0.25) is 4.90 Å². The van der Waals surface area contributed by atoms with Crippen molar-refractivity contribution >= 4 is 22.6 Å². The lowest BCUT2D eigenvalue weighted by atomic mass is 10.0. The first kappa shape index (κ1) is 15.6. The number of benzene rings is 2. The van der Waals surface area contributed by atoms with Crippen LogP contribution in [0, 0.1) is 0 Å². The molecular weight excluding hydrogens is 320 g/mol. The summed E-state index contributed by atoms with van der Waals surface area (Å²) in [4.78, 5) is 7.46. The van der Waals surface area contributed by atoms with Gasteiger partial charge in [-0.15, -0.1) is 0 Å². The summed E-state index contributed by atoms with van der Waals surface area (Å²) in [6.07, 6.45) is 0. The molecule has 1 N–H and O–H groups in total. The van der Waals surface area contributed by atoms with Gasteiger partial charge in [-0.25, -0.2) is 4.98 Å². The maximum atomic E-state index is 6.10. The van der Waals surface area contributed by atoms with Crippen molar-refractivity contribution in [1.82, 2.24) is 19.8 Å². The first-order valence-electron chi connectivity index (χ1n) is 8.35. The molecule has 2 heterocycles. The molecule has 1 fully saturated rings. The van der Waals surface area contributed by atoms with Crippen LogP contribution in [0.1, 0.15) is 17.4 Å². The second-order valence-electron chi connectivity index (χ2n) is 6.26. The predicted octanol–water partition coefficient (Wildman–Crippen LogP) is 3.22. The van der Waals surface area contributed by atoms with Gasteiger partial charge in [-0.05, 0) is 29.8 Å². The Hall–Kier alpha value is -1.88. The van der Waals surface area contributed by atoms with Crippen LogP contribution in [0.25, 0.3) is 11.0 Å². The molecule has 24 heavy (non-hydrogen) atoms. The summed E-state index contributed by atoms with van der Waals surface area (Å²) in [7, 11) is 2.11. The fourth-order valence-corrected chi connectivity index (χ4v) is 3.64. The fourth-order valence-electron chi connectivity index (χ4n) is 3.52. The van der Waals surface area contributed by atoms with E-state index in [0.29, 0.717) is 0 Å². The summed E-state index contributed by atoms with van der Waals surface area (Å²) < 4.78 is 2.22. The predicted molar refractivity (Wildman–Crippen MR) is 98.5 cm³/mol. The maximum Gasteiger partial charge on any atom is 0.131 e. The molecule has 4 nitrogen and oxygen atoms in total. The van der Waals surface area contributed by atoms with E-state index >= 15 is 0 Å². The Bertz CT molecular complexity index is 834. The lowest BCUT2D eigenvalue weighted by molar-refractivity contribution is 0.190. The van der Waals surface area contributed by atoms with Crippen LogP contribution in [-0.2, 0) is 7.05 Å². The van der Waals surface area contributed by atoms with Crippen molar-refractivity contribution in [2.24, 2.45) is 7.05 Å². The average molecular weight is 341 g/mol. The molecule has 1 aromatic heterocycles. The zero-order valence-electron chi connectivity index (χ0n) is 13.7. The number of fused-ring (bicyclic) bond motifs is 1. The molecule has 2 aromatic carbocycles. The van der Waals surface area contributed by atoms with E-state index in [4.69, 9.17) is 16.6 Å². The Balaban J connectivity index is 1.84. The molecule has 0 bridgehead atoms. The maximum absolute atomic E-state index is 6.10. The summed E-state index contributed by atoms with van der Waals surface area (Å²) >= 11 is 6.10. The molecule has 4 rings (SSSR count). The molecule has 0 radical (unpaired) electrons. The Kier molecular flexibility index (Phi) is 4.27. The molecule has 3 aromatic rings. The van der Waals surface area contributed by atoms with Crippen LogP contribution < -0.4 is 5.32 Å². The number of nitrogens with one attached hydrogen (secondary N) is 1. The number of para-hydroxylation sites is 2. The summed E-state index contributed by atoms with van der Waals surface area (Å²) in [6, 6.07) is 16.6. The Labute approximate surface area is 147 Å². The lowest BCUT2D eigenvalue weighted by Gasteiger charge is -2.34. The quantitative estimate of drug-likeness (QED) is 0.794. The van der Waals surface area contributed by atoms with Crippen LogP contribution in [-0.4, -0.2) is 40.6 Å². The number of aromatic nitrogens is 2. The molecule has 5 heteroatoms. The van der Waals surface area contributed by atoms with Crippen LogP contribution in [0.4, 0.5) is 0 Å². The summed E-state index contributed by atoms with van der Waals surface area (Å²) in [5, 5.41) is 4.20. The molecule has 0 spiro atoms. The van der Waals surface area contributed by atoms with Crippen molar-refractivity contribution in [2.75, 3.05) is 26.2 Å². The number of piperazine rings is 1. The number of imidazole rings is 1. The van der Waals surface area contributed by atoms with Crippen LogP contribution in [0.2, 0.25) is 5.02 Å². The zero-order chi connectivity index (χ0) is 16.5. The summed E-state index contributed by atoms with van der Waals surface area (Å²) in [6.45, 7) is 4.04. The highest BCUT2D eigenvalue weighted by atomic mass is 35.5. The monoisotopic (exact) mass is 340 g/mol. The van der Waals surface area contributed by atoms with E-state index in [2.05, 4.69) is 52.2 Å². The van der Waals surface area contributed by atoms with E-state index < -0.39 is 0 Å². The van der Waals surface area contributed by atoms with Crippen molar-refractivity contribution in [3.05, 3.63) is 64.9 Å². The Morgan fingerprint density at radius 2 is 1.75 bits per heavy atom. The minimum atomic E-state index is 0.141. The van der Waals surface area contributed by atoms with Gasteiger partial charge in [0, 0.05) is 38.2 Å². The third-order valence-corrected chi connectivity index (χ3v) is 5.02. The molecule has 1 atom stereocenters. The smallest absolute Gasteiger partial charge is 0.131 e. The first-order chi connectivity index (χ1) is 11.7. The topological polar surface area (TPSA) is 33.1 Å². The van der Waals surface area contributed by atoms with E-state index in [9.17, 15) is 0 Å². The summed E-state index contributed by atoms with van der Waals surface area (Å²) in [5.41, 5.74) is 3.45. The highest BCUT2D eigenvalue weighted by molar-refractivity contribution is 6.30. The zero-order valence-corrected chi connectivity index (χ0v) is 14.5. The average Bonchev–Trinajstić information content (AvgIpc) is 2.95. The van der Waals surface area contributed by atoms with E-state index in [1.54, 1.807) is 0 Å². The normalized spacial score (nSPS) is 17.2. The van der Waals surface area contributed by atoms with Gasteiger partial charge in [0.25, 0.3) is 0 Å². The number of rotatable bonds is 3.